The lowest BCUT2D eigenvalue weighted by molar-refractivity contribution is 0.669. The largest absolute Gasteiger partial charge is 0.456 e. The minimum absolute atomic E-state index is 0.702. The molecule has 3 heteroatoms. The van der Waals surface area contributed by atoms with E-state index in [9.17, 15) is 0 Å². The summed E-state index contributed by atoms with van der Waals surface area (Å²) in [7, 11) is 0. The van der Waals surface area contributed by atoms with Crippen LogP contribution in [0.25, 0.3) is 78.1 Å². The smallest absolute Gasteiger partial charge is 0.160 e. The Morgan fingerprint density at radius 3 is 1.63 bits per heavy atom. The van der Waals surface area contributed by atoms with E-state index in [1.54, 1.807) is 0 Å². The molecular weight excluding hydrogens is 524 g/mol. The molecule has 6 aromatic carbocycles. The van der Waals surface area contributed by atoms with Crippen molar-refractivity contribution in [1.82, 2.24) is 9.97 Å². The summed E-state index contributed by atoms with van der Waals surface area (Å²) in [6.07, 6.45) is 0. The van der Waals surface area contributed by atoms with Crippen molar-refractivity contribution < 1.29 is 4.42 Å². The van der Waals surface area contributed by atoms with Crippen LogP contribution in [0.5, 0.6) is 0 Å². The number of rotatable bonds is 5. The Labute approximate surface area is 249 Å². The van der Waals surface area contributed by atoms with Gasteiger partial charge in [0.1, 0.15) is 11.2 Å². The molecule has 8 rings (SSSR count). The molecule has 0 aliphatic heterocycles. The van der Waals surface area contributed by atoms with Crippen LogP contribution in [0.1, 0.15) is 0 Å². The molecule has 0 saturated heterocycles. The molecule has 0 aliphatic rings. The zero-order chi connectivity index (χ0) is 28.6. The Bertz CT molecular complexity index is 2140. The van der Waals surface area contributed by atoms with E-state index in [4.69, 9.17) is 14.4 Å². The molecular formula is C40H26N2O. The molecule has 2 heterocycles. The molecule has 2 aromatic heterocycles. The fourth-order valence-corrected chi connectivity index (χ4v) is 5.77. The van der Waals surface area contributed by atoms with E-state index < -0.39 is 0 Å². The van der Waals surface area contributed by atoms with Crippen LogP contribution in [0, 0.1) is 0 Å². The van der Waals surface area contributed by atoms with Gasteiger partial charge in [-0.25, -0.2) is 9.97 Å². The molecule has 43 heavy (non-hydrogen) atoms. The Morgan fingerprint density at radius 1 is 0.372 bits per heavy atom. The van der Waals surface area contributed by atoms with Crippen LogP contribution in [0.15, 0.2) is 162 Å². The molecule has 3 nitrogen and oxygen atoms in total. The molecule has 0 unspecified atom stereocenters. The molecule has 0 fully saturated rings. The van der Waals surface area contributed by atoms with Crippen molar-refractivity contribution in [2.45, 2.75) is 0 Å². The van der Waals surface area contributed by atoms with Crippen LogP contribution in [-0.4, -0.2) is 9.97 Å². The minimum Gasteiger partial charge on any atom is -0.456 e. The van der Waals surface area contributed by atoms with Gasteiger partial charge in [-0.2, -0.15) is 0 Å². The second-order valence-electron chi connectivity index (χ2n) is 10.6. The van der Waals surface area contributed by atoms with Gasteiger partial charge < -0.3 is 4.42 Å². The van der Waals surface area contributed by atoms with Crippen molar-refractivity contribution in [3.63, 3.8) is 0 Å². The highest BCUT2D eigenvalue weighted by Gasteiger charge is 2.16. The molecule has 0 saturated carbocycles. The van der Waals surface area contributed by atoms with Crippen molar-refractivity contribution >= 4 is 21.9 Å². The van der Waals surface area contributed by atoms with Crippen LogP contribution in [0.3, 0.4) is 0 Å². The van der Waals surface area contributed by atoms with E-state index in [1.807, 2.05) is 48.5 Å². The van der Waals surface area contributed by atoms with Gasteiger partial charge in [0.05, 0.1) is 11.4 Å². The quantitative estimate of drug-likeness (QED) is 0.214. The van der Waals surface area contributed by atoms with Gasteiger partial charge in [-0.3, -0.25) is 0 Å². The number of hydrogen-bond donors (Lipinski definition) is 0. The van der Waals surface area contributed by atoms with E-state index >= 15 is 0 Å². The maximum Gasteiger partial charge on any atom is 0.160 e. The second kappa shape index (κ2) is 10.6. The first kappa shape index (κ1) is 25.0. The summed E-state index contributed by atoms with van der Waals surface area (Å²) in [4.78, 5) is 10.0. The predicted molar refractivity (Wildman–Crippen MR) is 176 cm³/mol. The topological polar surface area (TPSA) is 38.9 Å². The molecule has 0 aliphatic carbocycles. The highest BCUT2D eigenvalue weighted by Crippen LogP contribution is 2.39. The Hall–Kier alpha value is -5.80. The molecule has 0 bridgehead atoms. The maximum absolute atomic E-state index is 6.35. The fourth-order valence-electron chi connectivity index (χ4n) is 5.77. The molecule has 0 radical (unpaired) electrons. The van der Waals surface area contributed by atoms with Gasteiger partial charge in [-0.15, -0.1) is 0 Å². The number of hydrogen-bond acceptors (Lipinski definition) is 3. The van der Waals surface area contributed by atoms with E-state index in [0.29, 0.717) is 5.82 Å². The van der Waals surface area contributed by atoms with Crippen LogP contribution < -0.4 is 0 Å². The summed E-state index contributed by atoms with van der Waals surface area (Å²) >= 11 is 0. The van der Waals surface area contributed by atoms with Crippen LogP contribution >= 0.6 is 0 Å². The third-order valence-corrected chi connectivity index (χ3v) is 7.92. The Kier molecular flexibility index (Phi) is 6.12. The summed E-state index contributed by atoms with van der Waals surface area (Å²) in [5, 5.41) is 2.17. The number of fused-ring (bicyclic) bond motifs is 3. The summed E-state index contributed by atoms with van der Waals surface area (Å²) in [6.45, 7) is 0. The van der Waals surface area contributed by atoms with Gasteiger partial charge in [0.25, 0.3) is 0 Å². The van der Waals surface area contributed by atoms with E-state index in [2.05, 4.69) is 109 Å². The third-order valence-electron chi connectivity index (χ3n) is 7.92. The van der Waals surface area contributed by atoms with Crippen molar-refractivity contribution in [2.75, 3.05) is 0 Å². The molecule has 0 spiro atoms. The molecule has 0 N–H and O–H groups in total. The molecule has 202 valence electrons. The average molecular weight is 551 g/mol. The van der Waals surface area contributed by atoms with E-state index in [0.717, 1.165) is 61.1 Å². The standard InChI is InChI=1S/C40H26N2O/c1-4-11-27(12-5-1)28-19-21-29(22-20-28)33-17-10-18-38-39(33)34-25-32(23-24-37(34)43-38)36-26-35(30-13-6-2-7-14-30)41-40(42-36)31-15-8-3-9-16-31/h1-26H. The zero-order valence-electron chi connectivity index (χ0n) is 23.3. The summed E-state index contributed by atoms with van der Waals surface area (Å²) in [5.74, 6) is 0.702. The monoisotopic (exact) mass is 550 g/mol. The normalized spacial score (nSPS) is 11.3. The molecule has 8 aromatic rings. The number of benzene rings is 6. The summed E-state index contributed by atoms with van der Waals surface area (Å²) < 4.78 is 6.35. The van der Waals surface area contributed by atoms with E-state index in [-0.39, 0.29) is 0 Å². The SMILES string of the molecule is c1ccc(-c2ccc(-c3cccc4oc5ccc(-c6cc(-c7ccccc7)nc(-c7ccccc7)n6)cc5c34)cc2)cc1. The number of nitrogens with zero attached hydrogens (tertiary/aromatic N) is 2. The van der Waals surface area contributed by atoms with Crippen LogP contribution in [0.2, 0.25) is 0 Å². The van der Waals surface area contributed by atoms with E-state index in [1.165, 1.54) is 11.1 Å². The molecule has 0 atom stereocenters. The fraction of sp³-hybridized carbons (Fsp3) is 0. The summed E-state index contributed by atoms with van der Waals surface area (Å²) in [5.41, 5.74) is 11.2. The lowest BCUT2D eigenvalue weighted by atomic mass is 9.96. The second-order valence-corrected chi connectivity index (χ2v) is 10.6. The maximum atomic E-state index is 6.35. The Balaban J connectivity index is 1.28. The van der Waals surface area contributed by atoms with Crippen molar-refractivity contribution in [3.05, 3.63) is 158 Å². The minimum atomic E-state index is 0.702. The first-order valence-electron chi connectivity index (χ1n) is 14.4. The zero-order valence-corrected chi connectivity index (χ0v) is 23.3. The van der Waals surface area contributed by atoms with Gasteiger partial charge in [0.2, 0.25) is 0 Å². The number of aromatic nitrogens is 2. The predicted octanol–water partition coefficient (Wildman–Crippen LogP) is 10.7. The lowest BCUT2D eigenvalue weighted by Crippen LogP contribution is -1.95. The first-order valence-corrected chi connectivity index (χ1v) is 14.4. The average Bonchev–Trinajstić information content (AvgIpc) is 3.48. The summed E-state index contributed by atoms with van der Waals surface area (Å²) in [6, 6.07) is 54.4. The van der Waals surface area contributed by atoms with Gasteiger partial charge >= 0.3 is 0 Å². The van der Waals surface area contributed by atoms with Crippen LogP contribution in [0.4, 0.5) is 0 Å². The highest BCUT2D eigenvalue weighted by atomic mass is 16.3. The lowest BCUT2D eigenvalue weighted by Gasteiger charge is -2.10. The highest BCUT2D eigenvalue weighted by molar-refractivity contribution is 6.13. The van der Waals surface area contributed by atoms with Crippen molar-refractivity contribution in [3.8, 4) is 56.2 Å². The van der Waals surface area contributed by atoms with Gasteiger partial charge in [-0.1, -0.05) is 127 Å². The van der Waals surface area contributed by atoms with Gasteiger partial charge in [0.15, 0.2) is 5.82 Å². The van der Waals surface area contributed by atoms with Gasteiger partial charge in [-0.05, 0) is 52.6 Å². The Morgan fingerprint density at radius 2 is 0.930 bits per heavy atom. The van der Waals surface area contributed by atoms with Crippen molar-refractivity contribution in [2.24, 2.45) is 0 Å². The third kappa shape index (κ3) is 4.67. The first-order chi connectivity index (χ1) is 21.3. The molecule has 0 amide bonds. The van der Waals surface area contributed by atoms with Crippen molar-refractivity contribution in [1.29, 1.82) is 0 Å². The number of furan rings is 1. The van der Waals surface area contributed by atoms with Gasteiger partial charge in [0, 0.05) is 27.5 Å². The van der Waals surface area contributed by atoms with Crippen LogP contribution in [-0.2, 0) is 0 Å².